The van der Waals surface area contributed by atoms with Crippen molar-refractivity contribution in [1.82, 2.24) is 19.5 Å². The molecule has 0 aliphatic rings. The van der Waals surface area contributed by atoms with E-state index in [1.165, 1.54) is 64.2 Å². The van der Waals surface area contributed by atoms with Crippen molar-refractivity contribution in [2.24, 2.45) is 0 Å². The highest BCUT2D eigenvalue weighted by atomic mass is 32.1. The molecule has 0 fully saturated rings. The van der Waals surface area contributed by atoms with Gasteiger partial charge in [0.1, 0.15) is 0 Å². The lowest BCUT2D eigenvalue weighted by Gasteiger charge is -2.11. The van der Waals surface area contributed by atoms with Crippen LogP contribution < -0.4 is 0 Å². The molecule has 12 rings (SSSR count). The quantitative estimate of drug-likeness (QED) is 0.161. The molecule has 0 unspecified atom stereocenters. The summed E-state index contributed by atoms with van der Waals surface area (Å²) in [6, 6.07) is 77.6. The van der Waals surface area contributed by atoms with Crippen LogP contribution in [0.25, 0.3) is 115 Å². The number of fused-ring (bicyclic) bond motifs is 6. The number of hydrogen-bond donors (Lipinski definition) is 0. The van der Waals surface area contributed by atoms with Gasteiger partial charge in [-0.25, -0.2) is 15.0 Å². The Bertz CT molecular complexity index is 3610. The Morgan fingerprint density at radius 1 is 0.306 bits per heavy atom. The third-order valence-corrected chi connectivity index (χ3v) is 13.0. The molecule has 0 spiro atoms. The second kappa shape index (κ2) is 14.9. The van der Waals surface area contributed by atoms with Crippen molar-refractivity contribution >= 4 is 53.3 Å². The number of hydrogen-bond acceptors (Lipinski definition) is 4. The third-order valence-electron chi connectivity index (χ3n) is 11.9. The van der Waals surface area contributed by atoms with E-state index in [1.54, 1.807) is 0 Å². The highest BCUT2D eigenvalue weighted by Gasteiger charge is 2.17. The summed E-state index contributed by atoms with van der Waals surface area (Å²) < 4.78 is 4.89. The van der Waals surface area contributed by atoms with Gasteiger partial charge in [0, 0.05) is 53.3 Å². The molecule has 0 saturated carbocycles. The van der Waals surface area contributed by atoms with Crippen LogP contribution in [0, 0.1) is 0 Å². The largest absolute Gasteiger partial charge is 0.309 e. The fraction of sp³-hybridized carbons (Fsp3) is 0. The van der Waals surface area contributed by atoms with Crippen molar-refractivity contribution in [3.05, 3.63) is 218 Å². The summed E-state index contributed by atoms with van der Waals surface area (Å²) in [4.78, 5) is 15.2. The molecule has 290 valence electrons. The molecule has 3 aromatic heterocycles. The molecule has 3 heterocycles. The number of nitrogens with zero attached hydrogens (tertiary/aromatic N) is 4. The number of rotatable bonds is 7. The molecule has 9 aromatic carbocycles. The van der Waals surface area contributed by atoms with Gasteiger partial charge >= 0.3 is 0 Å². The first-order chi connectivity index (χ1) is 30.7. The smallest absolute Gasteiger partial charge is 0.164 e. The summed E-state index contributed by atoms with van der Waals surface area (Å²) in [5.74, 6) is 1.92. The Balaban J connectivity index is 0.959. The van der Waals surface area contributed by atoms with E-state index < -0.39 is 0 Å². The zero-order valence-electron chi connectivity index (χ0n) is 33.5. The van der Waals surface area contributed by atoms with Crippen molar-refractivity contribution in [3.8, 4) is 73.2 Å². The molecule has 12 aromatic rings. The second-order valence-corrected chi connectivity index (χ2v) is 16.7. The second-order valence-electron chi connectivity index (χ2n) is 15.6. The highest BCUT2D eigenvalue weighted by molar-refractivity contribution is 7.26. The van der Waals surface area contributed by atoms with Crippen molar-refractivity contribution in [2.45, 2.75) is 0 Å². The summed E-state index contributed by atoms with van der Waals surface area (Å²) in [5.41, 5.74) is 13.4. The van der Waals surface area contributed by atoms with Crippen LogP contribution in [-0.4, -0.2) is 19.5 Å². The van der Waals surface area contributed by atoms with Crippen LogP contribution >= 0.6 is 11.3 Å². The monoisotopic (exact) mass is 808 g/mol. The number of thiophene rings is 1. The minimum Gasteiger partial charge on any atom is -0.309 e. The van der Waals surface area contributed by atoms with Gasteiger partial charge in [0.25, 0.3) is 0 Å². The summed E-state index contributed by atoms with van der Waals surface area (Å²) in [7, 11) is 0. The fourth-order valence-corrected chi connectivity index (χ4v) is 9.99. The minimum atomic E-state index is 0.636. The predicted octanol–water partition coefficient (Wildman–Crippen LogP) is 15.3. The van der Waals surface area contributed by atoms with E-state index in [0.29, 0.717) is 17.5 Å². The molecule has 0 radical (unpaired) electrons. The Hall–Kier alpha value is -7.99. The molecule has 0 N–H and O–H groups in total. The van der Waals surface area contributed by atoms with E-state index in [4.69, 9.17) is 15.0 Å². The van der Waals surface area contributed by atoms with E-state index in [9.17, 15) is 0 Å². The van der Waals surface area contributed by atoms with Crippen LogP contribution in [0.4, 0.5) is 0 Å². The van der Waals surface area contributed by atoms with Gasteiger partial charge in [-0.3, -0.25) is 0 Å². The molecule has 0 saturated heterocycles. The van der Waals surface area contributed by atoms with Crippen LogP contribution in [0.2, 0.25) is 0 Å². The van der Waals surface area contributed by atoms with Gasteiger partial charge in [-0.15, -0.1) is 11.3 Å². The zero-order chi connectivity index (χ0) is 41.0. The maximum absolute atomic E-state index is 5.12. The Kier molecular flexibility index (Phi) is 8.65. The molecule has 0 amide bonds. The van der Waals surface area contributed by atoms with Gasteiger partial charge in [0.15, 0.2) is 17.5 Å². The molecule has 5 heteroatoms. The van der Waals surface area contributed by atoms with Crippen LogP contribution in [0.3, 0.4) is 0 Å². The maximum Gasteiger partial charge on any atom is 0.164 e. The first-order valence-corrected chi connectivity index (χ1v) is 21.7. The highest BCUT2D eigenvalue weighted by Crippen LogP contribution is 2.43. The lowest BCUT2D eigenvalue weighted by molar-refractivity contribution is 1.07. The van der Waals surface area contributed by atoms with Gasteiger partial charge in [-0.05, 0) is 88.0 Å². The molecule has 0 bridgehead atoms. The van der Waals surface area contributed by atoms with Crippen molar-refractivity contribution in [2.75, 3.05) is 0 Å². The van der Waals surface area contributed by atoms with E-state index in [1.807, 2.05) is 35.6 Å². The minimum absolute atomic E-state index is 0.636. The molecular weight excluding hydrogens is 773 g/mol. The topological polar surface area (TPSA) is 43.6 Å². The number of benzene rings is 9. The van der Waals surface area contributed by atoms with E-state index in [-0.39, 0.29) is 0 Å². The summed E-state index contributed by atoms with van der Waals surface area (Å²) in [5, 5.41) is 5.01. The van der Waals surface area contributed by atoms with Crippen molar-refractivity contribution in [3.63, 3.8) is 0 Å². The third kappa shape index (κ3) is 6.26. The molecule has 0 atom stereocenters. The van der Waals surface area contributed by atoms with Crippen LogP contribution in [0.15, 0.2) is 218 Å². The van der Waals surface area contributed by atoms with E-state index in [0.717, 1.165) is 33.5 Å². The average Bonchev–Trinajstić information content (AvgIpc) is 3.90. The summed E-state index contributed by atoms with van der Waals surface area (Å²) >= 11 is 1.84. The average molecular weight is 809 g/mol. The summed E-state index contributed by atoms with van der Waals surface area (Å²) in [6.07, 6.45) is 0. The lowest BCUT2D eigenvalue weighted by atomic mass is 9.96. The van der Waals surface area contributed by atoms with E-state index in [2.05, 4.69) is 199 Å². The Morgan fingerprint density at radius 3 is 1.58 bits per heavy atom. The first kappa shape index (κ1) is 35.9. The SMILES string of the molecule is c1ccc(-c2ccc(-c3nc(-c4ccccc4)nc(-c4cccc(-c5cccc6sc7ccc(-c8ccc9c(c8)c8ccccc8n9-c8ccccc8)cc7c56)c4)n3)cc2)cc1. The standard InChI is InChI=1S/C57H36N4S/c1-4-14-37(15-5-1)38-26-28-40(29-27-38)56-58-55(39-16-6-2-7-17-39)59-57(60-56)44-19-12-18-43(34-44)46-23-13-25-53-54(46)49-36-42(31-33-52(49)62-53)41-30-32-51-48(35-41)47-22-10-11-24-50(47)61(51)45-20-8-3-9-21-45/h1-36H. The predicted molar refractivity (Wildman–Crippen MR) is 260 cm³/mol. The van der Waals surface area contributed by atoms with Gasteiger partial charge in [0.2, 0.25) is 0 Å². The van der Waals surface area contributed by atoms with Gasteiger partial charge in [-0.2, -0.15) is 0 Å². The van der Waals surface area contributed by atoms with E-state index >= 15 is 0 Å². The zero-order valence-corrected chi connectivity index (χ0v) is 34.3. The molecule has 62 heavy (non-hydrogen) atoms. The maximum atomic E-state index is 5.12. The number of aromatic nitrogens is 4. The normalized spacial score (nSPS) is 11.5. The Morgan fingerprint density at radius 2 is 0.823 bits per heavy atom. The molecule has 0 aliphatic heterocycles. The van der Waals surface area contributed by atoms with Crippen LogP contribution in [0.5, 0.6) is 0 Å². The van der Waals surface area contributed by atoms with Crippen LogP contribution in [-0.2, 0) is 0 Å². The van der Waals surface area contributed by atoms with Crippen molar-refractivity contribution in [1.29, 1.82) is 0 Å². The van der Waals surface area contributed by atoms with Gasteiger partial charge < -0.3 is 4.57 Å². The number of para-hydroxylation sites is 2. The van der Waals surface area contributed by atoms with Gasteiger partial charge in [0.05, 0.1) is 11.0 Å². The van der Waals surface area contributed by atoms with Crippen molar-refractivity contribution < 1.29 is 0 Å². The van der Waals surface area contributed by atoms with Gasteiger partial charge in [-0.1, -0.05) is 164 Å². The molecular formula is C57H36N4S. The Labute approximate surface area is 362 Å². The first-order valence-electron chi connectivity index (χ1n) is 20.8. The van der Waals surface area contributed by atoms with Crippen LogP contribution in [0.1, 0.15) is 0 Å². The molecule has 4 nitrogen and oxygen atoms in total. The lowest BCUT2D eigenvalue weighted by Crippen LogP contribution is -2.00. The summed E-state index contributed by atoms with van der Waals surface area (Å²) in [6.45, 7) is 0. The fourth-order valence-electron chi connectivity index (χ4n) is 8.87. The molecule has 0 aliphatic carbocycles.